The van der Waals surface area contributed by atoms with Crippen LogP contribution in [-0.2, 0) is 4.79 Å². The van der Waals surface area contributed by atoms with E-state index in [0.29, 0.717) is 5.75 Å². The maximum absolute atomic E-state index is 12.2. The second kappa shape index (κ2) is 9.53. The zero-order valence-corrected chi connectivity index (χ0v) is 16.1. The van der Waals surface area contributed by atoms with Crippen molar-refractivity contribution in [2.45, 2.75) is 30.6 Å². The molecule has 4 nitrogen and oxygen atoms in total. The lowest BCUT2D eigenvalue weighted by Gasteiger charge is -2.22. The summed E-state index contributed by atoms with van der Waals surface area (Å²) in [6, 6.07) is 15.9. The number of methoxy groups -OCH3 is 1. The van der Waals surface area contributed by atoms with Crippen LogP contribution in [0.3, 0.4) is 0 Å². The Morgan fingerprint density at radius 1 is 1.04 bits per heavy atom. The number of nitrogens with zero attached hydrogens (tertiary/aromatic N) is 1. The van der Waals surface area contributed by atoms with E-state index in [9.17, 15) is 4.79 Å². The topological polar surface area (TPSA) is 41.6 Å². The molecule has 2 aromatic rings. The highest BCUT2D eigenvalue weighted by Crippen LogP contribution is 2.28. The molecule has 0 atom stereocenters. The van der Waals surface area contributed by atoms with E-state index in [-0.39, 0.29) is 5.91 Å². The molecule has 1 aliphatic heterocycles. The number of rotatable bonds is 6. The van der Waals surface area contributed by atoms with Crippen molar-refractivity contribution >= 4 is 29.0 Å². The van der Waals surface area contributed by atoms with Crippen LogP contribution >= 0.6 is 11.8 Å². The Kier molecular flexibility index (Phi) is 6.83. The summed E-state index contributed by atoms with van der Waals surface area (Å²) in [5, 5.41) is 2.97. The molecule has 5 heteroatoms. The van der Waals surface area contributed by atoms with Gasteiger partial charge in [0.1, 0.15) is 5.75 Å². The summed E-state index contributed by atoms with van der Waals surface area (Å²) in [6.07, 6.45) is 5.18. The number of hydrogen-bond donors (Lipinski definition) is 1. The third kappa shape index (κ3) is 5.18. The van der Waals surface area contributed by atoms with Gasteiger partial charge in [0.05, 0.1) is 12.9 Å². The first kappa shape index (κ1) is 18.6. The average Bonchev–Trinajstić information content (AvgIpc) is 2.97. The van der Waals surface area contributed by atoms with E-state index in [2.05, 4.69) is 22.3 Å². The molecule has 2 aromatic carbocycles. The van der Waals surface area contributed by atoms with Gasteiger partial charge in [0.15, 0.2) is 0 Å². The van der Waals surface area contributed by atoms with Crippen LogP contribution in [0.2, 0.25) is 0 Å². The van der Waals surface area contributed by atoms with Crippen LogP contribution in [0.1, 0.15) is 25.7 Å². The molecule has 26 heavy (non-hydrogen) atoms. The normalized spacial score (nSPS) is 14.6. The number of thioether (sulfide) groups is 1. The smallest absolute Gasteiger partial charge is 0.234 e. The molecule has 1 amide bonds. The van der Waals surface area contributed by atoms with Crippen molar-refractivity contribution in [3.05, 3.63) is 48.5 Å². The lowest BCUT2D eigenvalue weighted by Crippen LogP contribution is -2.23. The van der Waals surface area contributed by atoms with E-state index in [1.807, 2.05) is 36.4 Å². The van der Waals surface area contributed by atoms with Crippen molar-refractivity contribution < 1.29 is 9.53 Å². The summed E-state index contributed by atoms with van der Waals surface area (Å²) < 4.78 is 5.32. The fourth-order valence-electron chi connectivity index (χ4n) is 3.16. The molecular weight excluding hydrogens is 344 g/mol. The molecule has 1 fully saturated rings. The number of ether oxygens (including phenoxy) is 1. The minimum atomic E-state index is -0.0107. The Balaban J connectivity index is 1.52. The average molecular weight is 371 g/mol. The van der Waals surface area contributed by atoms with Crippen LogP contribution < -0.4 is 15.0 Å². The Morgan fingerprint density at radius 3 is 2.42 bits per heavy atom. The van der Waals surface area contributed by atoms with Gasteiger partial charge in [0, 0.05) is 29.4 Å². The van der Waals surface area contributed by atoms with E-state index in [0.717, 1.165) is 29.4 Å². The van der Waals surface area contributed by atoms with Gasteiger partial charge in [-0.15, -0.1) is 11.8 Å². The van der Waals surface area contributed by atoms with E-state index < -0.39 is 0 Å². The first-order valence-electron chi connectivity index (χ1n) is 9.17. The zero-order chi connectivity index (χ0) is 18.2. The van der Waals surface area contributed by atoms with Crippen LogP contribution in [0.5, 0.6) is 5.75 Å². The maximum Gasteiger partial charge on any atom is 0.234 e. The van der Waals surface area contributed by atoms with Gasteiger partial charge >= 0.3 is 0 Å². The summed E-state index contributed by atoms with van der Waals surface area (Å²) >= 11 is 1.48. The van der Waals surface area contributed by atoms with E-state index >= 15 is 0 Å². The summed E-state index contributed by atoms with van der Waals surface area (Å²) in [5.41, 5.74) is 2.09. The van der Waals surface area contributed by atoms with Crippen molar-refractivity contribution in [1.82, 2.24) is 0 Å². The summed E-state index contributed by atoms with van der Waals surface area (Å²) in [4.78, 5) is 15.6. The van der Waals surface area contributed by atoms with Gasteiger partial charge in [0.25, 0.3) is 0 Å². The molecule has 0 aliphatic carbocycles. The Labute approximate surface area is 159 Å². The molecule has 1 heterocycles. The highest BCUT2D eigenvalue weighted by Gasteiger charge is 2.11. The van der Waals surface area contributed by atoms with Crippen molar-refractivity contribution in [3.8, 4) is 5.75 Å². The van der Waals surface area contributed by atoms with Gasteiger partial charge < -0.3 is 15.0 Å². The van der Waals surface area contributed by atoms with Gasteiger partial charge in [-0.2, -0.15) is 0 Å². The minimum Gasteiger partial charge on any atom is -0.496 e. The number of benzene rings is 2. The first-order valence-corrected chi connectivity index (χ1v) is 10.2. The van der Waals surface area contributed by atoms with Gasteiger partial charge in [-0.25, -0.2) is 0 Å². The van der Waals surface area contributed by atoms with Crippen LogP contribution in [0.25, 0.3) is 0 Å². The predicted octanol–water partition coefficient (Wildman–Crippen LogP) is 4.81. The summed E-state index contributed by atoms with van der Waals surface area (Å²) in [5.74, 6) is 1.14. The summed E-state index contributed by atoms with van der Waals surface area (Å²) in [6.45, 7) is 2.25. The molecular formula is C21H26N2O2S. The molecule has 0 saturated carbocycles. The second-order valence-electron chi connectivity index (χ2n) is 6.44. The van der Waals surface area contributed by atoms with Crippen LogP contribution in [0.15, 0.2) is 53.4 Å². The molecule has 1 aliphatic rings. The number of nitrogens with one attached hydrogen (secondary N) is 1. The van der Waals surface area contributed by atoms with E-state index in [1.54, 1.807) is 7.11 Å². The van der Waals surface area contributed by atoms with Crippen molar-refractivity contribution in [3.63, 3.8) is 0 Å². The second-order valence-corrected chi connectivity index (χ2v) is 7.45. The van der Waals surface area contributed by atoms with Crippen LogP contribution in [0.4, 0.5) is 11.4 Å². The van der Waals surface area contributed by atoms with E-state index in [4.69, 9.17) is 4.74 Å². The molecule has 138 valence electrons. The lowest BCUT2D eigenvalue weighted by molar-refractivity contribution is -0.113. The molecule has 0 aromatic heterocycles. The third-order valence-electron chi connectivity index (χ3n) is 4.55. The van der Waals surface area contributed by atoms with Crippen molar-refractivity contribution in [2.24, 2.45) is 0 Å². The highest BCUT2D eigenvalue weighted by atomic mass is 32.2. The molecule has 0 unspecified atom stereocenters. The standard InChI is InChI=1S/C21H26N2O2S/c1-25-19-8-4-5-9-20(19)26-16-21(24)22-17-10-12-18(13-11-17)23-14-6-2-3-7-15-23/h4-5,8-13H,2-3,6-7,14-16H2,1H3,(H,22,24). The molecule has 1 saturated heterocycles. The quantitative estimate of drug-likeness (QED) is 0.741. The zero-order valence-electron chi connectivity index (χ0n) is 15.2. The fraction of sp³-hybridized carbons (Fsp3) is 0.381. The molecule has 0 radical (unpaired) electrons. The van der Waals surface area contributed by atoms with Crippen LogP contribution in [-0.4, -0.2) is 31.9 Å². The largest absolute Gasteiger partial charge is 0.496 e. The lowest BCUT2D eigenvalue weighted by atomic mass is 10.2. The monoisotopic (exact) mass is 370 g/mol. The molecule has 1 N–H and O–H groups in total. The Hall–Kier alpha value is -2.14. The minimum absolute atomic E-state index is 0.0107. The number of para-hydroxylation sites is 1. The number of amides is 1. The Bertz CT molecular complexity index is 710. The molecule has 0 bridgehead atoms. The predicted molar refractivity (Wildman–Crippen MR) is 109 cm³/mol. The van der Waals surface area contributed by atoms with Crippen molar-refractivity contribution in [1.29, 1.82) is 0 Å². The number of anilines is 2. The first-order chi connectivity index (χ1) is 12.8. The Morgan fingerprint density at radius 2 is 1.73 bits per heavy atom. The summed E-state index contributed by atoms with van der Waals surface area (Å²) in [7, 11) is 1.64. The van der Waals surface area contributed by atoms with Gasteiger partial charge in [-0.3, -0.25) is 4.79 Å². The highest BCUT2D eigenvalue weighted by molar-refractivity contribution is 8.00. The number of carbonyl (C=O) groups is 1. The van der Waals surface area contributed by atoms with Crippen LogP contribution in [0, 0.1) is 0 Å². The van der Waals surface area contributed by atoms with Gasteiger partial charge in [-0.1, -0.05) is 25.0 Å². The van der Waals surface area contributed by atoms with Gasteiger partial charge in [-0.05, 0) is 49.2 Å². The number of hydrogen-bond acceptors (Lipinski definition) is 4. The number of carbonyl (C=O) groups excluding carboxylic acids is 1. The van der Waals surface area contributed by atoms with E-state index in [1.165, 1.54) is 43.1 Å². The maximum atomic E-state index is 12.2. The fourth-order valence-corrected chi connectivity index (χ4v) is 3.99. The third-order valence-corrected chi connectivity index (χ3v) is 5.60. The molecule has 0 spiro atoms. The molecule has 3 rings (SSSR count). The SMILES string of the molecule is COc1ccccc1SCC(=O)Nc1ccc(N2CCCCCC2)cc1. The van der Waals surface area contributed by atoms with Crippen molar-refractivity contribution in [2.75, 3.05) is 36.2 Å². The van der Waals surface area contributed by atoms with Gasteiger partial charge in [0.2, 0.25) is 5.91 Å².